The van der Waals surface area contributed by atoms with E-state index in [9.17, 15) is 8.42 Å². The maximum absolute atomic E-state index is 12.8. The predicted octanol–water partition coefficient (Wildman–Crippen LogP) is 3.51. The Morgan fingerprint density at radius 1 is 1.11 bits per heavy atom. The van der Waals surface area contributed by atoms with Gasteiger partial charge >= 0.3 is 0 Å². The largest absolute Gasteiger partial charge is 0.497 e. The molecule has 0 aliphatic carbocycles. The molecular formula is C20H18N4O3S. The second kappa shape index (κ2) is 6.97. The maximum Gasteiger partial charge on any atom is 0.261 e. The number of hydrogen-bond acceptors (Lipinski definition) is 5. The van der Waals surface area contributed by atoms with Crippen molar-refractivity contribution < 1.29 is 13.2 Å². The van der Waals surface area contributed by atoms with Gasteiger partial charge in [-0.1, -0.05) is 12.1 Å². The minimum absolute atomic E-state index is 0.162. The van der Waals surface area contributed by atoms with Crippen molar-refractivity contribution in [2.24, 2.45) is 0 Å². The van der Waals surface area contributed by atoms with Crippen LogP contribution in [0.1, 0.15) is 5.56 Å². The number of aromatic nitrogens is 3. The van der Waals surface area contributed by atoms with Gasteiger partial charge in [-0.2, -0.15) is 0 Å². The molecule has 7 nitrogen and oxygen atoms in total. The number of imidazole rings is 1. The third-order valence-electron chi connectivity index (χ3n) is 4.38. The van der Waals surface area contributed by atoms with E-state index in [4.69, 9.17) is 4.74 Å². The van der Waals surface area contributed by atoms with Crippen molar-refractivity contribution in [3.8, 4) is 17.0 Å². The Morgan fingerprint density at radius 3 is 2.61 bits per heavy atom. The van der Waals surface area contributed by atoms with Gasteiger partial charge in [-0.15, -0.1) is 0 Å². The van der Waals surface area contributed by atoms with Crippen molar-refractivity contribution in [1.82, 2.24) is 14.4 Å². The molecule has 4 aromatic rings. The molecule has 28 heavy (non-hydrogen) atoms. The molecule has 0 saturated carbocycles. The fraction of sp³-hybridized carbons (Fsp3) is 0.100. The van der Waals surface area contributed by atoms with Crippen LogP contribution in [0.3, 0.4) is 0 Å². The number of benzene rings is 2. The normalized spacial score (nSPS) is 11.5. The molecule has 0 aliphatic heterocycles. The number of rotatable bonds is 5. The van der Waals surface area contributed by atoms with Gasteiger partial charge in [-0.05, 0) is 48.9 Å². The third kappa shape index (κ3) is 3.41. The molecule has 1 N–H and O–H groups in total. The summed E-state index contributed by atoms with van der Waals surface area (Å²) in [6.07, 6.45) is 5.39. The standard InChI is InChI=1S/C20H18N4O3S/c1-14-4-5-15(19-13-24-11-3-10-21-20(24)22-19)12-18(14)23-28(25,26)17-8-6-16(27-2)7-9-17/h3-13,23H,1-2H3. The second-order valence-electron chi connectivity index (χ2n) is 6.26. The molecule has 2 aromatic heterocycles. The second-order valence-corrected chi connectivity index (χ2v) is 7.95. The van der Waals surface area contributed by atoms with Crippen LogP contribution in [0.25, 0.3) is 17.0 Å². The number of anilines is 1. The van der Waals surface area contributed by atoms with E-state index in [0.717, 1.165) is 11.1 Å². The molecule has 0 radical (unpaired) electrons. The average Bonchev–Trinajstić information content (AvgIpc) is 3.14. The third-order valence-corrected chi connectivity index (χ3v) is 5.76. The van der Waals surface area contributed by atoms with E-state index < -0.39 is 10.0 Å². The molecule has 0 amide bonds. The quantitative estimate of drug-likeness (QED) is 0.560. The summed E-state index contributed by atoms with van der Waals surface area (Å²) in [7, 11) is -2.19. The highest BCUT2D eigenvalue weighted by Gasteiger charge is 2.16. The van der Waals surface area contributed by atoms with Gasteiger partial charge in [-0.3, -0.25) is 9.12 Å². The smallest absolute Gasteiger partial charge is 0.261 e. The minimum Gasteiger partial charge on any atom is -0.497 e. The minimum atomic E-state index is -3.73. The molecule has 8 heteroatoms. The zero-order valence-electron chi connectivity index (χ0n) is 15.3. The van der Waals surface area contributed by atoms with E-state index >= 15 is 0 Å². The lowest BCUT2D eigenvalue weighted by molar-refractivity contribution is 0.414. The van der Waals surface area contributed by atoms with Crippen LogP contribution in [-0.4, -0.2) is 29.9 Å². The number of nitrogens with one attached hydrogen (secondary N) is 1. The van der Waals surface area contributed by atoms with E-state index in [0.29, 0.717) is 22.9 Å². The predicted molar refractivity (Wildman–Crippen MR) is 107 cm³/mol. The van der Waals surface area contributed by atoms with Gasteiger partial charge in [0.05, 0.1) is 23.4 Å². The Morgan fingerprint density at radius 2 is 1.89 bits per heavy atom. The van der Waals surface area contributed by atoms with Crippen LogP contribution < -0.4 is 9.46 Å². The van der Waals surface area contributed by atoms with Crippen LogP contribution in [0.4, 0.5) is 5.69 Å². The van der Waals surface area contributed by atoms with Crippen molar-refractivity contribution in [1.29, 1.82) is 0 Å². The Kier molecular flexibility index (Phi) is 4.48. The van der Waals surface area contributed by atoms with Gasteiger partial charge in [0.2, 0.25) is 5.78 Å². The van der Waals surface area contributed by atoms with E-state index in [1.807, 2.05) is 41.9 Å². The number of nitrogens with zero attached hydrogens (tertiary/aromatic N) is 3. The van der Waals surface area contributed by atoms with Crippen LogP contribution in [0, 0.1) is 6.92 Å². The summed E-state index contributed by atoms with van der Waals surface area (Å²) in [4.78, 5) is 8.86. The summed E-state index contributed by atoms with van der Waals surface area (Å²) in [5.41, 5.74) is 2.81. The average molecular weight is 394 g/mol. The molecule has 0 spiro atoms. The Hall–Kier alpha value is -3.39. The van der Waals surface area contributed by atoms with E-state index in [1.54, 1.807) is 24.4 Å². The van der Waals surface area contributed by atoms with Crippen molar-refractivity contribution in [2.45, 2.75) is 11.8 Å². The van der Waals surface area contributed by atoms with Crippen LogP contribution in [0.15, 0.2) is 72.0 Å². The van der Waals surface area contributed by atoms with Gasteiger partial charge < -0.3 is 4.74 Å². The van der Waals surface area contributed by atoms with Gasteiger partial charge in [0.15, 0.2) is 0 Å². The van der Waals surface area contributed by atoms with Gasteiger partial charge in [0, 0.05) is 24.2 Å². The number of methoxy groups -OCH3 is 1. The van der Waals surface area contributed by atoms with Crippen molar-refractivity contribution >= 4 is 21.5 Å². The van der Waals surface area contributed by atoms with Gasteiger partial charge in [0.25, 0.3) is 10.0 Å². The van der Waals surface area contributed by atoms with Gasteiger partial charge in [-0.25, -0.2) is 18.4 Å². The van der Waals surface area contributed by atoms with E-state index in [1.165, 1.54) is 19.2 Å². The first kappa shape index (κ1) is 18.0. The number of aryl methyl sites for hydroxylation is 1. The monoisotopic (exact) mass is 394 g/mol. The molecule has 2 aromatic carbocycles. The van der Waals surface area contributed by atoms with Gasteiger partial charge in [0.1, 0.15) is 5.75 Å². The maximum atomic E-state index is 12.8. The fourth-order valence-electron chi connectivity index (χ4n) is 2.82. The summed E-state index contributed by atoms with van der Waals surface area (Å²) < 4.78 is 35.1. The summed E-state index contributed by atoms with van der Waals surface area (Å²) in [5, 5.41) is 0. The van der Waals surface area contributed by atoms with E-state index in [-0.39, 0.29) is 4.90 Å². The molecule has 142 valence electrons. The summed E-state index contributed by atoms with van der Waals surface area (Å²) >= 11 is 0. The first-order valence-corrected chi connectivity index (χ1v) is 10.0. The number of sulfonamides is 1. The highest BCUT2D eigenvalue weighted by Crippen LogP contribution is 2.27. The molecule has 0 fully saturated rings. The van der Waals surface area contributed by atoms with Crippen LogP contribution >= 0.6 is 0 Å². The molecule has 4 rings (SSSR count). The highest BCUT2D eigenvalue weighted by atomic mass is 32.2. The first-order valence-electron chi connectivity index (χ1n) is 8.54. The Bertz CT molecular complexity index is 1220. The summed E-state index contributed by atoms with van der Waals surface area (Å²) in [6, 6.07) is 13.6. The van der Waals surface area contributed by atoms with Crippen molar-refractivity contribution in [3.05, 3.63) is 72.7 Å². The van der Waals surface area contributed by atoms with Crippen LogP contribution in [0.2, 0.25) is 0 Å². The Labute approximate surface area is 162 Å². The fourth-order valence-corrected chi connectivity index (χ4v) is 3.94. The molecule has 2 heterocycles. The lowest BCUT2D eigenvalue weighted by atomic mass is 10.1. The molecule has 0 unspecified atom stereocenters. The number of ether oxygens (including phenoxy) is 1. The zero-order valence-corrected chi connectivity index (χ0v) is 16.1. The molecule has 0 bridgehead atoms. The molecular weight excluding hydrogens is 376 g/mol. The molecule has 0 aliphatic rings. The first-order chi connectivity index (χ1) is 13.5. The van der Waals surface area contributed by atoms with Crippen molar-refractivity contribution in [3.63, 3.8) is 0 Å². The lowest BCUT2D eigenvalue weighted by Gasteiger charge is -2.12. The summed E-state index contributed by atoms with van der Waals surface area (Å²) in [6.45, 7) is 1.85. The number of hydrogen-bond donors (Lipinski definition) is 1. The topological polar surface area (TPSA) is 85.6 Å². The van der Waals surface area contributed by atoms with Crippen LogP contribution in [-0.2, 0) is 10.0 Å². The lowest BCUT2D eigenvalue weighted by Crippen LogP contribution is -2.13. The van der Waals surface area contributed by atoms with Crippen molar-refractivity contribution in [2.75, 3.05) is 11.8 Å². The SMILES string of the molecule is COc1ccc(S(=O)(=O)Nc2cc(-c3cn4cccnc4n3)ccc2C)cc1. The number of fused-ring (bicyclic) bond motifs is 1. The zero-order chi connectivity index (χ0) is 19.7. The molecule has 0 atom stereocenters. The molecule has 0 saturated heterocycles. The van der Waals surface area contributed by atoms with E-state index in [2.05, 4.69) is 14.7 Å². The highest BCUT2D eigenvalue weighted by molar-refractivity contribution is 7.92. The summed E-state index contributed by atoms with van der Waals surface area (Å²) in [5.74, 6) is 1.18. The Balaban J connectivity index is 1.68. The van der Waals surface area contributed by atoms with Crippen LogP contribution in [0.5, 0.6) is 5.75 Å².